The molecule has 0 fully saturated rings. The molecule has 82 valence electrons. The first-order valence-electron chi connectivity index (χ1n) is 4.82. The normalized spacial score (nSPS) is 11.3. The van der Waals surface area contributed by atoms with Crippen LogP contribution in [0, 0.1) is 11.3 Å². The molecule has 0 aliphatic carbocycles. The molecule has 4 heteroatoms. The zero-order valence-electron chi connectivity index (χ0n) is 9.49. The smallest absolute Gasteiger partial charge is 0.169 e. The Morgan fingerprint density at radius 1 is 1.29 bits per heavy atom. The zero-order valence-corrected chi connectivity index (χ0v) is 9.49. The van der Waals surface area contributed by atoms with Crippen molar-refractivity contribution in [3.8, 4) is 6.07 Å². The van der Waals surface area contributed by atoms with Crippen LogP contribution in [-0.2, 0) is 9.47 Å². The van der Waals surface area contributed by atoms with E-state index < -0.39 is 0 Å². The maximum atomic E-state index is 8.51. The van der Waals surface area contributed by atoms with Crippen LogP contribution in [0.1, 0.15) is 20.3 Å². The van der Waals surface area contributed by atoms with Gasteiger partial charge in [-0.1, -0.05) is 0 Å². The van der Waals surface area contributed by atoms with Crippen molar-refractivity contribution < 1.29 is 9.47 Å². The van der Waals surface area contributed by atoms with E-state index in [1.807, 2.05) is 0 Å². The van der Waals surface area contributed by atoms with Gasteiger partial charge in [0.25, 0.3) is 0 Å². The molecule has 0 aromatic carbocycles. The fourth-order valence-electron chi connectivity index (χ4n) is 1.19. The van der Waals surface area contributed by atoms with E-state index in [0.29, 0.717) is 19.0 Å². The summed E-state index contributed by atoms with van der Waals surface area (Å²) in [4.78, 5) is 2.17. The molecular weight excluding hydrogens is 180 g/mol. The first-order valence-corrected chi connectivity index (χ1v) is 4.82. The van der Waals surface area contributed by atoms with Crippen molar-refractivity contribution in [2.24, 2.45) is 0 Å². The van der Waals surface area contributed by atoms with E-state index in [9.17, 15) is 0 Å². The van der Waals surface area contributed by atoms with Crippen LogP contribution in [-0.4, -0.2) is 44.5 Å². The highest BCUT2D eigenvalue weighted by molar-refractivity contribution is 4.74. The Bertz CT molecular complexity index is 173. The molecule has 0 radical (unpaired) electrons. The van der Waals surface area contributed by atoms with Gasteiger partial charge >= 0.3 is 0 Å². The lowest BCUT2D eigenvalue weighted by Crippen LogP contribution is -2.39. The van der Waals surface area contributed by atoms with Gasteiger partial charge in [-0.05, 0) is 13.8 Å². The molecule has 0 aromatic rings. The predicted molar refractivity (Wildman–Crippen MR) is 54.7 cm³/mol. The van der Waals surface area contributed by atoms with Crippen molar-refractivity contribution in [1.82, 2.24) is 4.90 Å². The second-order valence-electron chi connectivity index (χ2n) is 3.40. The Morgan fingerprint density at radius 2 is 1.86 bits per heavy atom. The summed E-state index contributed by atoms with van der Waals surface area (Å²) in [6.07, 6.45) is 0.328. The van der Waals surface area contributed by atoms with E-state index in [2.05, 4.69) is 24.8 Å². The van der Waals surface area contributed by atoms with Crippen LogP contribution < -0.4 is 0 Å². The van der Waals surface area contributed by atoms with E-state index in [0.717, 1.165) is 6.54 Å². The summed E-state index contributed by atoms with van der Waals surface area (Å²) in [6.45, 7) is 5.66. The van der Waals surface area contributed by atoms with Gasteiger partial charge in [0.1, 0.15) is 0 Å². The summed E-state index contributed by atoms with van der Waals surface area (Å²) in [5.74, 6) is 0. The molecule has 0 aromatic heterocycles. The Labute approximate surface area is 86.4 Å². The summed E-state index contributed by atoms with van der Waals surface area (Å²) in [5, 5.41) is 8.51. The lowest BCUT2D eigenvalue weighted by Gasteiger charge is -2.28. The quantitative estimate of drug-likeness (QED) is 0.580. The molecule has 4 nitrogen and oxygen atoms in total. The van der Waals surface area contributed by atoms with E-state index in [4.69, 9.17) is 14.7 Å². The summed E-state index contributed by atoms with van der Waals surface area (Å²) >= 11 is 0. The molecular formula is C10H20N2O2. The topological polar surface area (TPSA) is 45.5 Å². The minimum Gasteiger partial charge on any atom is -0.355 e. The van der Waals surface area contributed by atoms with Gasteiger partial charge in [0.2, 0.25) is 0 Å². The lowest BCUT2D eigenvalue weighted by atomic mass is 10.3. The first-order chi connectivity index (χ1) is 6.65. The summed E-state index contributed by atoms with van der Waals surface area (Å²) < 4.78 is 10.2. The van der Waals surface area contributed by atoms with Crippen LogP contribution in [0.5, 0.6) is 0 Å². The van der Waals surface area contributed by atoms with Crippen LogP contribution in [0.25, 0.3) is 0 Å². The van der Waals surface area contributed by atoms with Crippen molar-refractivity contribution in [2.45, 2.75) is 32.6 Å². The minimum absolute atomic E-state index is 0.212. The summed E-state index contributed by atoms with van der Waals surface area (Å²) in [6, 6.07) is 2.54. The van der Waals surface area contributed by atoms with Crippen molar-refractivity contribution in [3.05, 3.63) is 0 Å². The number of ether oxygens (including phenoxy) is 2. The number of nitriles is 1. The molecule has 0 saturated carbocycles. The molecule has 0 amide bonds. The highest BCUT2D eigenvalue weighted by Crippen LogP contribution is 2.03. The SMILES string of the molecule is COC(CN(CCC#N)C(C)C)OC. The maximum absolute atomic E-state index is 8.51. The molecule has 14 heavy (non-hydrogen) atoms. The number of hydrogen-bond donors (Lipinski definition) is 0. The van der Waals surface area contributed by atoms with Crippen LogP contribution in [0.4, 0.5) is 0 Å². The highest BCUT2D eigenvalue weighted by Gasteiger charge is 2.14. The fraction of sp³-hybridized carbons (Fsp3) is 0.900. The van der Waals surface area contributed by atoms with Crippen LogP contribution >= 0.6 is 0 Å². The number of rotatable bonds is 7. The van der Waals surface area contributed by atoms with Crippen LogP contribution in [0.3, 0.4) is 0 Å². The number of methoxy groups -OCH3 is 2. The molecule has 0 bridgehead atoms. The van der Waals surface area contributed by atoms with Gasteiger partial charge in [-0.2, -0.15) is 5.26 Å². The zero-order chi connectivity index (χ0) is 11.0. The molecule has 0 atom stereocenters. The second kappa shape index (κ2) is 7.74. The average Bonchev–Trinajstić information content (AvgIpc) is 2.18. The van der Waals surface area contributed by atoms with E-state index in [1.165, 1.54) is 0 Å². The maximum Gasteiger partial charge on any atom is 0.169 e. The molecule has 0 rings (SSSR count). The number of hydrogen-bond acceptors (Lipinski definition) is 4. The molecule has 0 unspecified atom stereocenters. The molecule has 0 aliphatic heterocycles. The third kappa shape index (κ3) is 5.18. The highest BCUT2D eigenvalue weighted by atomic mass is 16.7. The van der Waals surface area contributed by atoms with Gasteiger partial charge in [0.05, 0.1) is 6.07 Å². The second-order valence-corrected chi connectivity index (χ2v) is 3.40. The number of nitrogens with zero attached hydrogens (tertiary/aromatic N) is 2. The van der Waals surface area contributed by atoms with Gasteiger partial charge in [-0.15, -0.1) is 0 Å². The van der Waals surface area contributed by atoms with Crippen molar-refractivity contribution in [2.75, 3.05) is 27.3 Å². The van der Waals surface area contributed by atoms with Crippen molar-refractivity contribution in [3.63, 3.8) is 0 Å². The Morgan fingerprint density at radius 3 is 2.21 bits per heavy atom. The molecule has 0 saturated heterocycles. The van der Waals surface area contributed by atoms with Crippen LogP contribution in [0.15, 0.2) is 0 Å². The Kier molecular flexibility index (Phi) is 7.40. The third-order valence-corrected chi connectivity index (χ3v) is 2.15. The fourth-order valence-corrected chi connectivity index (χ4v) is 1.19. The average molecular weight is 200 g/mol. The standard InChI is InChI=1S/C10H20N2O2/c1-9(2)12(7-5-6-11)8-10(13-3)14-4/h9-10H,5,7-8H2,1-4H3. The minimum atomic E-state index is -0.212. The summed E-state index contributed by atoms with van der Waals surface area (Å²) in [7, 11) is 3.24. The molecule has 0 heterocycles. The van der Waals surface area contributed by atoms with Gasteiger partial charge in [-0.3, -0.25) is 4.90 Å². The first kappa shape index (κ1) is 13.4. The monoisotopic (exact) mass is 200 g/mol. The lowest BCUT2D eigenvalue weighted by molar-refractivity contribution is -0.119. The van der Waals surface area contributed by atoms with Gasteiger partial charge in [0, 0.05) is 39.8 Å². The van der Waals surface area contributed by atoms with Gasteiger partial charge in [-0.25, -0.2) is 0 Å². The van der Waals surface area contributed by atoms with E-state index >= 15 is 0 Å². The predicted octanol–water partition coefficient (Wildman–Crippen LogP) is 1.23. The third-order valence-electron chi connectivity index (χ3n) is 2.15. The van der Waals surface area contributed by atoms with E-state index in [1.54, 1.807) is 14.2 Å². The largest absolute Gasteiger partial charge is 0.355 e. The summed E-state index contributed by atoms with van der Waals surface area (Å²) in [5.41, 5.74) is 0. The molecule has 0 N–H and O–H groups in total. The van der Waals surface area contributed by atoms with Crippen LogP contribution in [0.2, 0.25) is 0 Å². The Balaban J connectivity index is 4.01. The van der Waals surface area contributed by atoms with Gasteiger partial charge < -0.3 is 9.47 Å². The van der Waals surface area contributed by atoms with E-state index in [-0.39, 0.29) is 6.29 Å². The molecule has 0 spiro atoms. The Hall–Kier alpha value is -0.630. The van der Waals surface area contributed by atoms with Crippen molar-refractivity contribution >= 4 is 0 Å². The molecule has 0 aliphatic rings. The van der Waals surface area contributed by atoms with Crippen molar-refractivity contribution in [1.29, 1.82) is 5.26 Å². The van der Waals surface area contributed by atoms with Gasteiger partial charge in [0.15, 0.2) is 6.29 Å².